The highest BCUT2D eigenvalue weighted by Crippen LogP contribution is 2.32. The van der Waals surface area contributed by atoms with Gasteiger partial charge in [-0.05, 0) is 47.7 Å². The van der Waals surface area contributed by atoms with Gasteiger partial charge in [-0.1, -0.05) is 45.0 Å². The standard InChI is InChI=1S/C28H33N5O3/c1-28(2,3)20-9-11-22(12-10-20)33(27(36)24-15-23(34)18-31-24)25(19-7-6-13-29-16-19)26(35)32-17-21-8-4-5-14-30-21/h4-14,16,23-25,31,34H,15,17-18H2,1-3H3,(H,32,35)/t23-,24-,25?/m1/s1. The van der Waals surface area contributed by atoms with Gasteiger partial charge in [-0.3, -0.25) is 24.5 Å². The van der Waals surface area contributed by atoms with E-state index >= 15 is 0 Å². The molecule has 1 aliphatic heterocycles. The molecule has 0 spiro atoms. The van der Waals surface area contributed by atoms with Crippen molar-refractivity contribution in [3.63, 3.8) is 0 Å². The number of pyridine rings is 2. The fourth-order valence-electron chi connectivity index (χ4n) is 4.33. The number of rotatable bonds is 7. The van der Waals surface area contributed by atoms with E-state index in [1.165, 1.54) is 4.90 Å². The van der Waals surface area contributed by atoms with Gasteiger partial charge in [0.25, 0.3) is 0 Å². The lowest BCUT2D eigenvalue weighted by Gasteiger charge is -2.33. The second-order valence-electron chi connectivity index (χ2n) is 10.1. The van der Waals surface area contributed by atoms with Gasteiger partial charge >= 0.3 is 0 Å². The summed E-state index contributed by atoms with van der Waals surface area (Å²) in [5, 5.41) is 16.1. The number of aliphatic hydroxyl groups is 1. The zero-order chi connectivity index (χ0) is 25.7. The Morgan fingerprint density at radius 3 is 2.47 bits per heavy atom. The molecule has 1 aliphatic rings. The van der Waals surface area contributed by atoms with E-state index in [9.17, 15) is 14.7 Å². The van der Waals surface area contributed by atoms with Crippen LogP contribution in [0.3, 0.4) is 0 Å². The van der Waals surface area contributed by atoms with E-state index in [1.807, 2.05) is 42.5 Å². The van der Waals surface area contributed by atoms with Crippen LogP contribution < -0.4 is 15.5 Å². The number of hydrogen-bond donors (Lipinski definition) is 3. The number of amides is 2. The first-order valence-electron chi connectivity index (χ1n) is 12.2. The van der Waals surface area contributed by atoms with E-state index in [4.69, 9.17) is 0 Å². The van der Waals surface area contributed by atoms with Gasteiger partial charge in [0, 0.05) is 36.4 Å². The van der Waals surface area contributed by atoms with Crippen LogP contribution in [0.2, 0.25) is 0 Å². The van der Waals surface area contributed by atoms with Gasteiger partial charge in [0.05, 0.1) is 24.4 Å². The minimum absolute atomic E-state index is 0.0622. The lowest BCUT2D eigenvalue weighted by atomic mass is 9.87. The van der Waals surface area contributed by atoms with Gasteiger partial charge in [-0.25, -0.2) is 0 Å². The molecule has 188 valence electrons. The van der Waals surface area contributed by atoms with Gasteiger partial charge in [0.15, 0.2) is 0 Å². The molecule has 8 nitrogen and oxygen atoms in total. The van der Waals surface area contributed by atoms with Crippen molar-refractivity contribution in [3.8, 4) is 0 Å². The summed E-state index contributed by atoms with van der Waals surface area (Å²) in [6.07, 6.45) is 4.57. The van der Waals surface area contributed by atoms with Crippen molar-refractivity contribution >= 4 is 17.5 Å². The zero-order valence-corrected chi connectivity index (χ0v) is 20.9. The largest absolute Gasteiger partial charge is 0.392 e. The first kappa shape index (κ1) is 25.5. The van der Waals surface area contributed by atoms with Crippen LogP contribution in [-0.4, -0.2) is 45.6 Å². The molecule has 3 heterocycles. The monoisotopic (exact) mass is 487 g/mol. The average molecular weight is 488 g/mol. The molecule has 2 aromatic heterocycles. The van der Waals surface area contributed by atoms with Crippen molar-refractivity contribution in [3.05, 3.63) is 90.0 Å². The molecule has 0 saturated carbocycles. The third kappa shape index (κ3) is 5.95. The molecule has 3 atom stereocenters. The molecule has 4 rings (SSSR count). The smallest absolute Gasteiger partial charge is 0.248 e. The molecule has 0 radical (unpaired) electrons. The summed E-state index contributed by atoms with van der Waals surface area (Å²) in [5.41, 5.74) is 2.95. The molecule has 3 N–H and O–H groups in total. The van der Waals surface area contributed by atoms with Gasteiger partial charge in [-0.2, -0.15) is 0 Å². The Morgan fingerprint density at radius 2 is 1.89 bits per heavy atom. The Labute approximate surface area is 211 Å². The predicted molar refractivity (Wildman–Crippen MR) is 138 cm³/mol. The number of anilines is 1. The van der Waals surface area contributed by atoms with Gasteiger partial charge in [0.2, 0.25) is 11.8 Å². The van der Waals surface area contributed by atoms with Crippen LogP contribution in [0.4, 0.5) is 5.69 Å². The third-order valence-electron chi connectivity index (χ3n) is 6.33. The average Bonchev–Trinajstić information content (AvgIpc) is 3.32. The van der Waals surface area contributed by atoms with E-state index in [0.717, 1.165) is 5.56 Å². The highest BCUT2D eigenvalue weighted by molar-refractivity contribution is 6.03. The van der Waals surface area contributed by atoms with E-state index in [-0.39, 0.29) is 30.2 Å². The van der Waals surface area contributed by atoms with Crippen LogP contribution in [0.5, 0.6) is 0 Å². The lowest BCUT2D eigenvalue weighted by molar-refractivity contribution is -0.127. The molecule has 0 aliphatic carbocycles. The summed E-state index contributed by atoms with van der Waals surface area (Å²) < 4.78 is 0. The fraction of sp³-hybridized carbons (Fsp3) is 0.357. The Morgan fingerprint density at radius 1 is 1.11 bits per heavy atom. The van der Waals surface area contributed by atoms with E-state index < -0.39 is 18.2 Å². The summed E-state index contributed by atoms with van der Waals surface area (Å²) in [4.78, 5) is 37.6. The minimum atomic E-state index is -0.963. The molecule has 3 aromatic rings. The highest BCUT2D eigenvalue weighted by atomic mass is 16.3. The van der Waals surface area contributed by atoms with Crippen molar-refractivity contribution in [2.75, 3.05) is 11.4 Å². The Hall–Kier alpha value is -3.62. The summed E-state index contributed by atoms with van der Waals surface area (Å²) >= 11 is 0. The number of aliphatic hydroxyl groups excluding tert-OH is 1. The number of aromatic nitrogens is 2. The number of nitrogens with one attached hydrogen (secondary N) is 2. The molecular formula is C28H33N5O3. The Kier molecular flexibility index (Phi) is 7.76. The molecule has 0 bridgehead atoms. The zero-order valence-electron chi connectivity index (χ0n) is 20.9. The molecule has 36 heavy (non-hydrogen) atoms. The number of carbonyl (C=O) groups excluding carboxylic acids is 2. The van der Waals surface area contributed by atoms with Gasteiger partial charge < -0.3 is 15.7 Å². The highest BCUT2D eigenvalue weighted by Gasteiger charge is 2.39. The first-order valence-corrected chi connectivity index (χ1v) is 12.2. The maximum atomic E-state index is 13.9. The summed E-state index contributed by atoms with van der Waals surface area (Å²) in [5.74, 6) is -0.627. The van der Waals surface area contributed by atoms with Crippen LogP contribution in [0.15, 0.2) is 73.2 Å². The number of nitrogens with zero attached hydrogens (tertiary/aromatic N) is 3. The van der Waals surface area contributed by atoms with Gasteiger partial charge in [0.1, 0.15) is 6.04 Å². The fourth-order valence-corrected chi connectivity index (χ4v) is 4.33. The molecule has 1 aromatic carbocycles. The Balaban J connectivity index is 1.73. The van der Waals surface area contributed by atoms with E-state index in [0.29, 0.717) is 23.5 Å². The predicted octanol–water partition coefficient (Wildman–Crippen LogP) is 2.89. The number of hydrogen-bond acceptors (Lipinski definition) is 6. The van der Waals surface area contributed by atoms with Crippen molar-refractivity contribution in [2.45, 2.75) is 57.3 Å². The molecule has 2 amide bonds. The molecular weight excluding hydrogens is 454 g/mol. The van der Waals surface area contributed by atoms with Crippen LogP contribution in [0.25, 0.3) is 0 Å². The number of β-amino-alcohol motifs (C(OH)–C–C–N with tert-alkyl or cyclic N) is 1. The van der Waals surface area contributed by atoms with Crippen molar-refractivity contribution in [2.24, 2.45) is 0 Å². The van der Waals surface area contributed by atoms with Crippen molar-refractivity contribution in [1.82, 2.24) is 20.6 Å². The van der Waals surface area contributed by atoms with Crippen LogP contribution in [-0.2, 0) is 21.5 Å². The summed E-state index contributed by atoms with van der Waals surface area (Å²) in [6, 6.07) is 15.2. The minimum Gasteiger partial charge on any atom is -0.392 e. The lowest BCUT2D eigenvalue weighted by Crippen LogP contribution is -2.50. The summed E-state index contributed by atoms with van der Waals surface area (Å²) in [6.45, 7) is 6.92. The van der Waals surface area contributed by atoms with Crippen LogP contribution in [0.1, 0.15) is 50.1 Å². The molecule has 1 saturated heterocycles. The number of benzene rings is 1. The second-order valence-corrected chi connectivity index (χ2v) is 10.1. The van der Waals surface area contributed by atoms with Gasteiger partial charge in [-0.15, -0.1) is 0 Å². The maximum Gasteiger partial charge on any atom is 0.248 e. The van der Waals surface area contributed by atoms with Crippen molar-refractivity contribution < 1.29 is 14.7 Å². The van der Waals surface area contributed by atoms with Crippen LogP contribution in [0, 0.1) is 0 Å². The second kappa shape index (κ2) is 11.0. The summed E-state index contributed by atoms with van der Waals surface area (Å²) in [7, 11) is 0. The van der Waals surface area contributed by atoms with E-state index in [1.54, 1.807) is 30.7 Å². The van der Waals surface area contributed by atoms with Crippen LogP contribution >= 0.6 is 0 Å². The molecule has 1 fully saturated rings. The third-order valence-corrected chi connectivity index (χ3v) is 6.33. The quantitative estimate of drug-likeness (QED) is 0.473. The first-order chi connectivity index (χ1) is 17.2. The number of carbonyl (C=O) groups is 2. The Bertz CT molecular complexity index is 1160. The molecule has 1 unspecified atom stereocenters. The maximum absolute atomic E-state index is 13.9. The van der Waals surface area contributed by atoms with E-state index in [2.05, 4.69) is 41.4 Å². The normalized spacial score (nSPS) is 18.4. The SMILES string of the molecule is CC(C)(C)c1ccc(N(C(=O)[C@H]2C[C@@H](O)CN2)C(C(=O)NCc2ccccn2)c2cccnc2)cc1. The van der Waals surface area contributed by atoms with Crippen molar-refractivity contribution in [1.29, 1.82) is 0 Å². The topological polar surface area (TPSA) is 107 Å². The molecule has 8 heteroatoms.